The van der Waals surface area contributed by atoms with Crippen LogP contribution in [0.15, 0.2) is 59.1 Å². The Morgan fingerprint density at radius 3 is 2.70 bits per heavy atom. The van der Waals surface area contributed by atoms with Crippen molar-refractivity contribution < 1.29 is 23.1 Å². The predicted molar refractivity (Wildman–Crippen MR) is 96.9 cm³/mol. The first kappa shape index (κ1) is 18.6. The molecule has 2 heterocycles. The van der Waals surface area contributed by atoms with Gasteiger partial charge in [-0.1, -0.05) is 23.7 Å². The average Bonchev–Trinajstić information content (AvgIpc) is 3.14. The van der Waals surface area contributed by atoms with Crippen LogP contribution in [0.1, 0.15) is 17.5 Å². The van der Waals surface area contributed by atoms with Gasteiger partial charge in [0.2, 0.25) is 5.76 Å². The zero-order valence-electron chi connectivity index (χ0n) is 14.1. The van der Waals surface area contributed by atoms with E-state index in [0.717, 1.165) is 0 Å². The number of ether oxygens (including phenoxy) is 1. The number of carbonyl (C=O) groups excluding carboxylic acids is 2. The van der Waals surface area contributed by atoms with Crippen molar-refractivity contribution in [2.24, 2.45) is 0 Å². The van der Waals surface area contributed by atoms with Crippen molar-refractivity contribution in [1.29, 1.82) is 0 Å². The molecule has 2 aromatic heterocycles. The lowest BCUT2D eigenvalue weighted by molar-refractivity contribution is -0.123. The van der Waals surface area contributed by atoms with Gasteiger partial charge in [0.15, 0.2) is 11.3 Å². The molecule has 1 N–H and O–H groups in total. The Kier molecular flexibility index (Phi) is 5.52. The molecule has 1 unspecified atom stereocenters. The average molecular weight is 389 g/mol. The summed E-state index contributed by atoms with van der Waals surface area (Å²) in [5.41, 5.74) is 0.514. The number of anilines is 1. The maximum atomic E-state index is 13.8. The van der Waals surface area contributed by atoms with E-state index in [2.05, 4.69) is 10.3 Å². The molecule has 0 spiro atoms. The smallest absolute Gasteiger partial charge is 0.375 e. The second-order valence-corrected chi connectivity index (χ2v) is 5.88. The Hall–Kier alpha value is -3.19. The van der Waals surface area contributed by atoms with E-state index in [9.17, 15) is 14.0 Å². The first-order valence-electron chi connectivity index (χ1n) is 7.93. The van der Waals surface area contributed by atoms with Crippen LogP contribution in [0.2, 0.25) is 5.15 Å². The zero-order chi connectivity index (χ0) is 19.4. The molecular formula is C19H14ClFN2O4. The van der Waals surface area contributed by atoms with E-state index in [1.54, 1.807) is 24.3 Å². The minimum atomic E-state index is -1.12. The number of nitrogens with one attached hydrogen (secondary N) is 1. The minimum Gasteiger partial charge on any atom is -0.449 e. The summed E-state index contributed by atoms with van der Waals surface area (Å²) < 4.78 is 24.2. The maximum Gasteiger partial charge on any atom is 0.375 e. The van der Waals surface area contributed by atoms with Crippen molar-refractivity contribution in [3.63, 3.8) is 0 Å². The van der Waals surface area contributed by atoms with Gasteiger partial charge in [-0.3, -0.25) is 4.79 Å². The summed E-state index contributed by atoms with van der Waals surface area (Å²) in [5, 5.41) is 2.63. The third-order valence-electron chi connectivity index (χ3n) is 3.62. The summed E-state index contributed by atoms with van der Waals surface area (Å²) in [4.78, 5) is 28.2. The number of aromatic nitrogens is 1. The number of carbonyl (C=O) groups is 2. The summed E-state index contributed by atoms with van der Waals surface area (Å²) in [5.74, 6) is -1.88. The van der Waals surface area contributed by atoms with E-state index in [4.69, 9.17) is 20.8 Å². The first-order valence-corrected chi connectivity index (χ1v) is 8.30. The molecule has 0 saturated carbocycles. The zero-order valence-corrected chi connectivity index (χ0v) is 14.9. The summed E-state index contributed by atoms with van der Waals surface area (Å²) in [6.07, 6.45) is 0.363. The lowest BCUT2D eigenvalue weighted by Gasteiger charge is -2.13. The van der Waals surface area contributed by atoms with Crippen LogP contribution >= 0.6 is 11.6 Å². The number of pyridine rings is 1. The Morgan fingerprint density at radius 1 is 1.19 bits per heavy atom. The normalized spacial score (nSPS) is 11.7. The van der Waals surface area contributed by atoms with Crippen LogP contribution in [0.3, 0.4) is 0 Å². The molecule has 27 heavy (non-hydrogen) atoms. The lowest BCUT2D eigenvalue weighted by Crippen LogP contribution is -2.30. The van der Waals surface area contributed by atoms with E-state index in [0.29, 0.717) is 5.69 Å². The number of hydrogen-bond donors (Lipinski definition) is 1. The molecule has 3 aromatic rings. The van der Waals surface area contributed by atoms with Crippen molar-refractivity contribution in [3.8, 4) is 11.3 Å². The van der Waals surface area contributed by atoms with Crippen molar-refractivity contribution >= 4 is 29.2 Å². The van der Waals surface area contributed by atoms with Crippen LogP contribution in [0.4, 0.5) is 10.1 Å². The van der Waals surface area contributed by atoms with Gasteiger partial charge in [-0.05, 0) is 43.3 Å². The molecule has 0 aliphatic carbocycles. The molecule has 0 fully saturated rings. The van der Waals surface area contributed by atoms with Crippen LogP contribution in [-0.2, 0) is 9.53 Å². The maximum absolute atomic E-state index is 13.8. The molecule has 0 bridgehead atoms. The first-order chi connectivity index (χ1) is 13.0. The van der Waals surface area contributed by atoms with Crippen molar-refractivity contribution in [1.82, 2.24) is 4.98 Å². The second-order valence-electron chi connectivity index (χ2n) is 5.52. The van der Waals surface area contributed by atoms with Crippen molar-refractivity contribution in [3.05, 3.63) is 71.5 Å². The minimum absolute atomic E-state index is 0.116. The Labute approximate surface area is 158 Å². The topological polar surface area (TPSA) is 81.4 Å². The van der Waals surface area contributed by atoms with E-state index in [1.807, 2.05) is 0 Å². The van der Waals surface area contributed by atoms with Crippen LogP contribution < -0.4 is 5.32 Å². The van der Waals surface area contributed by atoms with Gasteiger partial charge in [0, 0.05) is 6.20 Å². The number of benzene rings is 1. The standard InChI is InChI=1S/C19H14ClFN2O4/c1-11(18(24)23-14-7-4-10-22-17(14)20)26-19(25)16-9-8-15(27-16)12-5-2-3-6-13(12)21/h2-11H,1H3,(H,23,24). The third kappa shape index (κ3) is 4.32. The van der Waals surface area contributed by atoms with Crippen LogP contribution in [0, 0.1) is 5.82 Å². The summed E-state index contributed by atoms with van der Waals surface area (Å²) in [7, 11) is 0. The fourth-order valence-electron chi connectivity index (χ4n) is 2.24. The highest BCUT2D eigenvalue weighted by atomic mass is 35.5. The summed E-state index contributed by atoms with van der Waals surface area (Å²) in [6, 6.07) is 12.0. The lowest BCUT2D eigenvalue weighted by atomic mass is 10.1. The monoisotopic (exact) mass is 388 g/mol. The van der Waals surface area contributed by atoms with E-state index >= 15 is 0 Å². The number of rotatable bonds is 5. The molecule has 138 valence electrons. The molecule has 0 radical (unpaired) electrons. The highest BCUT2D eigenvalue weighted by molar-refractivity contribution is 6.32. The van der Waals surface area contributed by atoms with Gasteiger partial charge < -0.3 is 14.5 Å². The Morgan fingerprint density at radius 2 is 1.96 bits per heavy atom. The van der Waals surface area contributed by atoms with Gasteiger partial charge in [-0.15, -0.1) is 0 Å². The van der Waals surface area contributed by atoms with Crippen LogP contribution in [0.5, 0.6) is 0 Å². The molecular weight excluding hydrogens is 375 g/mol. The highest BCUT2D eigenvalue weighted by Crippen LogP contribution is 2.25. The number of esters is 1. The number of nitrogens with zero attached hydrogens (tertiary/aromatic N) is 1. The van der Waals surface area contributed by atoms with E-state index in [-0.39, 0.29) is 22.2 Å². The quantitative estimate of drug-likeness (QED) is 0.520. The molecule has 6 nitrogen and oxygen atoms in total. The van der Waals surface area contributed by atoms with Gasteiger partial charge in [0.05, 0.1) is 11.3 Å². The molecule has 1 amide bonds. The van der Waals surface area contributed by atoms with Gasteiger partial charge in [-0.25, -0.2) is 14.2 Å². The fraction of sp³-hybridized carbons (Fsp3) is 0.105. The van der Waals surface area contributed by atoms with E-state index in [1.165, 1.54) is 37.4 Å². The third-order valence-corrected chi connectivity index (χ3v) is 3.92. The SMILES string of the molecule is CC(OC(=O)c1ccc(-c2ccccc2F)o1)C(=O)Nc1cccnc1Cl. The van der Waals surface area contributed by atoms with Crippen LogP contribution in [-0.4, -0.2) is 23.0 Å². The molecule has 0 saturated heterocycles. The Bertz CT molecular complexity index is 989. The Balaban J connectivity index is 1.66. The van der Waals surface area contributed by atoms with Gasteiger partial charge in [0.1, 0.15) is 11.6 Å². The largest absolute Gasteiger partial charge is 0.449 e. The van der Waals surface area contributed by atoms with Crippen LogP contribution in [0.25, 0.3) is 11.3 Å². The van der Waals surface area contributed by atoms with Crippen molar-refractivity contribution in [2.75, 3.05) is 5.32 Å². The number of amides is 1. The highest BCUT2D eigenvalue weighted by Gasteiger charge is 2.22. The van der Waals surface area contributed by atoms with Gasteiger partial charge in [0.25, 0.3) is 5.91 Å². The number of halogens is 2. The van der Waals surface area contributed by atoms with E-state index < -0.39 is 23.8 Å². The molecule has 0 aliphatic heterocycles. The van der Waals surface area contributed by atoms with Gasteiger partial charge >= 0.3 is 5.97 Å². The van der Waals surface area contributed by atoms with Gasteiger partial charge in [-0.2, -0.15) is 0 Å². The summed E-state index contributed by atoms with van der Waals surface area (Å²) in [6.45, 7) is 1.40. The molecule has 1 atom stereocenters. The molecule has 8 heteroatoms. The number of furan rings is 1. The predicted octanol–water partition coefficient (Wildman–Crippen LogP) is 4.32. The second kappa shape index (κ2) is 8.01. The molecule has 3 rings (SSSR count). The number of hydrogen-bond acceptors (Lipinski definition) is 5. The summed E-state index contributed by atoms with van der Waals surface area (Å²) >= 11 is 5.87. The molecule has 0 aliphatic rings. The van der Waals surface area contributed by atoms with Crippen molar-refractivity contribution in [2.45, 2.75) is 13.0 Å². The fourth-order valence-corrected chi connectivity index (χ4v) is 2.41. The molecule has 1 aromatic carbocycles.